The number of hydrogen-bond donors (Lipinski definition) is 3. The van der Waals surface area contributed by atoms with Gasteiger partial charge in [0, 0.05) is 24.3 Å². The molecule has 9 heteroatoms. The number of hydrogen-bond acceptors (Lipinski definition) is 8. The molecule has 1 spiro atoms. The van der Waals surface area contributed by atoms with Gasteiger partial charge in [-0.15, -0.1) is 0 Å². The molecule has 3 fully saturated rings. The van der Waals surface area contributed by atoms with Crippen LogP contribution in [-0.2, 0) is 21.4 Å². The van der Waals surface area contributed by atoms with Crippen molar-refractivity contribution in [3.63, 3.8) is 0 Å². The van der Waals surface area contributed by atoms with Crippen LogP contribution in [0.15, 0.2) is 30.5 Å². The average molecular weight is 492 g/mol. The van der Waals surface area contributed by atoms with Gasteiger partial charge in [0.25, 0.3) is 0 Å². The lowest BCUT2D eigenvalue weighted by Gasteiger charge is -2.63. The molecule has 2 aromatic rings. The number of piperidine rings is 1. The molecule has 2 saturated carbocycles. The number of aromatic hydroxyl groups is 1. The fourth-order valence-electron chi connectivity index (χ4n) is 7.38. The van der Waals surface area contributed by atoms with Gasteiger partial charge in [0.1, 0.15) is 5.92 Å². The van der Waals surface area contributed by atoms with E-state index in [1.54, 1.807) is 18.2 Å². The van der Waals surface area contributed by atoms with Gasteiger partial charge in [-0.3, -0.25) is 14.5 Å². The predicted octanol–water partition coefficient (Wildman–Crippen LogP) is 1.79. The average Bonchev–Trinajstić information content (AvgIpc) is 3.61. The van der Waals surface area contributed by atoms with Crippen LogP contribution in [0.5, 0.6) is 17.2 Å². The second-order valence-electron chi connectivity index (χ2n) is 11.0. The standard InChI is InChI=1S/C27H29N3O6/c1-35-18-3-2-9-28-24(18)29-25(33)16-12-27(34)19-11-15-6-7-17(31)22-20(15)26(27,23(36-22)21(16)32)8-10-30(19)13-14-4-5-14/h2-3,6-7,9,14,16,19,23,31,34H,4-5,8,10-13H2,1H3,(H,28,29,33)/t16?,19-,23+,26+,27-/m1/s1. The van der Waals surface area contributed by atoms with Crippen LogP contribution in [0, 0.1) is 11.8 Å². The number of carbonyl (C=O) groups is 2. The van der Waals surface area contributed by atoms with Crippen molar-refractivity contribution in [1.29, 1.82) is 0 Å². The third kappa shape index (κ3) is 2.75. The molecule has 2 bridgehead atoms. The van der Waals surface area contributed by atoms with E-state index in [0.717, 1.165) is 24.2 Å². The Balaban J connectivity index is 1.32. The quantitative estimate of drug-likeness (QED) is 0.542. The van der Waals surface area contributed by atoms with Crippen LogP contribution >= 0.6 is 0 Å². The molecule has 1 amide bonds. The van der Waals surface area contributed by atoms with Gasteiger partial charge in [-0.25, -0.2) is 4.98 Å². The van der Waals surface area contributed by atoms with E-state index in [0.29, 0.717) is 24.5 Å². The van der Waals surface area contributed by atoms with Crippen molar-refractivity contribution in [2.24, 2.45) is 11.8 Å². The highest BCUT2D eigenvalue weighted by Gasteiger charge is 2.75. The number of aliphatic hydroxyl groups is 1. The Hall–Kier alpha value is -3.17. The molecule has 188 valence electrons. The molecule has 0 radical (unpaired) electrons. The highest BCUT2D eigenvalue weighted by molar-refractivity contribution is 6.10. The van der Waals surface area contributed by atoms with Gasteiger partial charge in [0.05, 0.1) is 18.1 Å². The molecule has 3 heterocycles. The van der Waals surface area contributed by atoms with Crippen molar-refractivity contribution >= 4 is 17.5 Å². The van der Waals surface area contributed by atoms with Crippen LogP contribution in [0.3, 0.4) is 0 Å². The largest absolute Gasteiger partial charge is 0.504 e. The molecule has 36 heavy (non-hydrogen) atoms. The molecule has 5 aliphatic rings. The van der Waals surface area contributed by atoms with Gasteiger partial charge in [0.15, 0.2) is 35.0 Å². The zero-order valence-electron chi connectivity index (χ0n) is 20.1. The van der Waals surface area contributed by atoms with Crippen molar-refractivity contribution in [2.45, 2.75) is 55.3 Å². The van der Waals surface area contributed by atoms with Crippen molar-refractivity contribution in [3.05, 3.63) is 41.6 Å². The number of anilines is 1. The molecule has 3 aliphatic carbocycles. The molecule has 5 atom stereocenters. The van der Waals surface area contributed by atoms with Gasteiger partial charge in [-0.2, -0.15) is 0 Å². The summed E-state index contributed by atoms with van der Waals surface area (Å²) in [7, 11) is 1.48. The Kier molecular flexibility index (Phi) is 4.55. The number of rotatable bonds is 5. The molecule has 7 rings (SSSR count). The number of methoxy groups -OCH3 is 1. The van der Waals surface area contributed by atoms with Gasteiger partial charge >= 0.3 is 0 Å². The third-order valence-electron chi connectivity index (χ3n) is 9.18. The van der Waals surface area contributed by atoms with Crippen LogP contribution in [-0.4, -0.2) is 69.7 Å². The summed E-state index contributed by atoms with van der Waals surface area (Å²) in [5.41, 5.74) is -0.568. The van der Waals surface area contributed by atoms with Crippen LogP contribution in [0.1, 0.15) is 36.8 Å². The fraction of sp³-hybridized carbons (Fsp3) is 0.519. The number of carbonyl (C=O) groups excluding carboxylic acids is 2. The molecular formula is C27H29N3O6. The summed E-state index contributed by atoms with van der Waals surface area (Å²) in [5, 5.41) is 26.0. The van der Waals surface area contributed by atoms with E-state index < -0.39 is 28.9 Å². The molecule has 1 aromatic heterocycles. The Labute approximate surface area is 208 Å². The normalized spacial score (nSPS) is 34.1. The van der Waals surface area contributed by atoms with Crippen molar-refractivity contribution < 1.29 is 29.3 Å². The van der Waals surface area contributed by atoms with E-state index in [1.165, 1.54) is 26.1 Å². The first kappa shape index (κ1) is 22.1. The minimum atomic E-state index is -1.36. The molecule has 2 aliphatic heterocycles. The molecular weight excluding hydrogens is 462 g/mol. The summed E-state index contributed by atoms with van der Waals surface area (Å²) in [6.07, 6.45) is 4.00. The van der Waals surface area contributed by atoms with E-state index in [4.69, 9.17) is 9.47 Å². The number of phenols is 1. The van der Waals surface area contributed by atoms with Gasteiger partial charge in [-0.1, -0.05) is 6.07 Å². The topological polar surface area (TPSA) is 121 Å². The minimum Gasteiger partial charge on any atom is -0.504 e. The summed E-state index contributed by atoms with van der Waals surface area (Å²) in [4.78, 5) is 34.0. The third-order valence-corrected chi connectivity index (χ3v) is 9.18. The number of nitrogens with one attached hydrogen (secondary N) is 1. The van der Waals surface area contributed by atoms with Crippen LogP contribution in [0.25, 0.3) is 0 Å². The number of aromatic nitrogens is 1. The van der Waals surface area contributed by atoms with Crippen LogP contribution < -0.4 is 14.8 Å². The SMILES string of the molecule is COc1cccnc1NC(=O)C1C[C@@]2(O)[C@H]3Cc4ccc(O)c5c4[C@@]2(CCN3CC2CC2)[C@@H](O5)C1=O. The number of pyridine rings is 1. The van der Waals surface area contributed by atoms with E-state index in [9.17, 15) is 19.8 Å². The molecule has 1 saturated heterocycles. The zero-order valence-corrected chi connectivity index (χ0v) is 20.1. The molecule has 9 nitrogen and oxygen atoms in total. The number of benzene rings is 1. The van der Waals surface area contributed by atoms with Gasteiger partial charge in [0.2, 0.25) is 5.91 Å². The maximum Gasteiger partial charge on any atom is 0.236 e. The Morgan fingerprint density at radius 2 is 2.17 bits per heavy atom. The maximum atomic E-state index is 13.9. The van der Waals surface area contributed by atoms with E-state index >= 15 is 0 Å². The number of amides is 1. The lowest BCUT2D eigenvalue weighted by atomic mass is 9.47. The number of ketones is 1. The molecule has 1 unspecified atom stereocenters. The zero-order chi connectivity index (χ0) is 24.8. The number of likely N-dealkylation sites (tertiary alicyclic amines) is 1. The number of Topliss-reactive ketones (excluding diaryl/α,β-unsaturated/α-hetero) is 1. The lowest BCUT2D eigenvalue weighted by Crippen LogP contribution is -2.78. The first-order valence-electron chi connectivity index (χ1n) is 12.7. The summed E-state index contributed by atoms with van der Waals surface area (Å²) in [6, 6.07) is 6.63. The second-order valence-corrected chi connectivity index (χ2v) is 11.0. The molecule has 1 aromatic carbocycles. The smallest absolute Gasteiger partial charge is 0.236 e. The maximum absolute atomic E-state index is 13.9. The second kappa shape index (κ2) is 7.43. The van der Waals surface area contributed by atoms with E-state index in [1.807, 2.05) is 6.07 Å². The number of phenolic OH excluding ortho intramolecular Hbond substituents is 1. The van der Waals surface area contributed by atoms with Crippen molar-refractivity contribution in [2.75, 3.05) is 25.5 Å². The number of nitrogens with zero attached hydrogens (tertiary/aromatic N) is 2. The summed E-state index contributed by atoms with van der Waals surface area (Å²) in [5.74, 6) is -0.547. The Bertz CT molecular complexity index is 1290. The number of ether oxygens (including phenoxy) is 2. The van der Waals surface area contributed by atoms with Gasteiger partial charge < -0.3 is 25.0 Å². The van der Waals surface area contributed by atoms with E-state index in [2.05, 4.69) is 15.2 Å². The van der Waals surface area contributed by atoms with E-state index in [-0.39, 0.29) is 35.6 Å². The first-order valence-corrected chi connectivity index (χ1v) is 12.7. The Morgan fingerprint density at radius 1 is 1.33 bits per heavy atom. The first-order chi connectivity index (χ1) is 17.4. The Morgan fingerprint density at radius 3 is 2.94 bits per heavy atom. The van der Waals surface area contributed by atoms with Crippen LogP contribution in [0.2, 0.25) is 0 Å². The summed E-state index contributed by atoms with van der Waals surface area (Å²) >= 11 is 0. The van der Waals surface area contributed by atoms with Crippen molar-refractivity contribution in [3.8, 4) is 17.2 Å². The summed E-state index contributed by atoms with van der Waals surface area (Å²) < 4.78 is 11.5. The molecule has 3 N–H and O–H groups in total. The lowest BCUT2D eigenvalue weighted by molar-refractivity contribution is -0.197. The highest BCUT2D eigenvalue weighted by atomic mass is 16.5. The van der Waals surface area contributed by atoms with Gasteiger partial charge in [-0.05, 0) is 68.3 Å². The monoisotopic (exact) mass is 491 g/mol. The summed E-state index contributed by atoms with van der Waals surface area (Å²) in [6.45, 7) is 1.65. The van der Waals surface area contributed by atoms with Crippen molar-refractivity contribution in [1.82, 2.24) is 9.88 Å². The van der Waals surface area contributed by atoms with Crippen LogP contribution in [0.4, 0.5) is 5.82 Å². The highest BCUT2D eigenvalue weighted by Crippen LogP contribution is 2.65. The predicted molar refractivity (Wildman–Crippen MR) is 128 cm³/mol. The minimum absolute atomic E-state index is 0.00690. The fourth-order valence-corrected chi connectivity index (χ4v) is 7.38.